The molecule has 0 saturated carbocycles. The Hall–Kier alpha value is -2.28. The van der Waals surface area contributed by atoms with Crippen LogP contribution in [0.1, 0.15) is 43.5 Å². The summed E-state index contributed by atoms with van der Waals surface area (Å²) < 4.78 is 28.5. The number of rotatable bonds is 6. The van der Waals surface area contributed by atoms with E-state index in [-0.39, 0.29) is 17.6 Å². The van der Waals surface area contributed by atoms with E-state index in [1.807, 2.05) is 6.92 Å². The molecule has 0 aliphatic carbocycles. The molecule has 1 aromatic carbocycles. The van der Waals surface area contributed by atoms with Gasteiger partial charge in [0.2, 0.25) is 5.91 Å². The summed E-state index contributed by atoms with van der Waals surface area (Å²) in [6.07, 6.45) is 4.49. The first-order chi connectivity index (χ1) is 12.5. The number of halogens is 2. The van der Waals surface area contributed by atoms with Crippen molar-refractivity contribution in [2.75, 3.05) is 19.6 Å². The molecule has 1 N–H and O–H groups in total. The molecule has 0 unspecified atom stereocenters. The van der Waals surface area contributed by atoms with Crippen molar-refractivity contribution in [3.8, 4) is 5.69 Å². The van der Waals surface area contributed by atoms with Crippen LogP contribution in [0.15, 0.2) is 24.4 Å². The van der Waals surface area contributed by atoms with Gasteiger partial charge in [0.15, 0.2) is 5.82 Å². The fourth-order valence-electron chi connectivity index (χ4n) is 3.40. The topological polar surface area (TPSA) is 50.2 Å². The van der Waals surface area contributed by atoms with Gasteiger partial charge in [0.05, 0.1) is 12.2 Å². The SMILES string of the molecule is Cc1c([C@H](C)NC(=O)CCN2CCCC2)cnn1-c1ccc(F)cc1F. The van der Waals surface area contributed by atoms with E-state index in [9.17, 15) is 13.6 Å². The smallest absolute Gasteiger partial charge is 0.221 e. The number of likely N-dealkylation sites (tertiary alicyclic amines) is 1. The van der Waals surface area contributed by atoms with Crippen molar-refractivity contribution in [2.24, 2.45) is 0 Å². The van der Waals surface area contributed by atoms with Crippen LogP contribution in [0.3, 0.4) is 0 Å². The highest BCUT2D eigenvalue weighted by Gasteiger charge is 2.19. The molecule has 2 heterocycles. The number of aromatic nitrogens is 2. The van der Waals surface area contributed by atoms with Crippen LogP contribution in [0, 0.1) is 18.6 Å². The maximum Gasteiger partial charge on any atom is 0.221 e. The lowest BCUT2D eigenvalue weighted by Crippen LogP contribution is -2.31. The molecule has 1 aliphatic rings. The number of carbonyl (C=O) groups is 1. The second-order valence-electron chi connectivity index (χ2n) is 6.78. The van der Waals surface area contributed by atoms with E-state index in [4.69, 9.17) is 0 Å². The van der Waals surface area contributed by atoms with Gasteiger partial charge in [0, 0.05) is 30.3 Å². The minimum absolute atomic E-state index is 0.00971. The lowest BCUT2D eigenvalue weighted by Gasteiger charge is -2.17. The highest BCUT2D eigenvalue weighted by atomic mass is 19.1. The summed E-state index contributed by atoms with van der Waals surface area (Å²) in [5.41, 5.74) is 1.70. The van der Waals surface area contributed by atoms with Crippen molar-refractivity contribution in [2.45, 2.75) is 39.2 Å². The highest BCUT2D eigenvalue weighted by molar-refractivity contribution is 5.76. The lowest BCUT2D eigenvalue weighted by atomic mass is 10.1. The van der Waals surface area contributed by atoms with Crippen molar-refractivity contribution in [1.82, 2.24) is 20.0 Å². The quantitative estimate of drug-likeness (QED) is 0.859. The molecule has 1 aliphatic heterocycles. The molecule has 0 radical (unpaired) electrons. The highest BCUT2D eigenvalue weighted by Crippen LogP contribution is 2.22. The first-order valence-electron chi connectivity index (χ1n) is 8.97. The molecule has 1 atom stereocenters. The minimum Gasteiger partial charge on any atom is -0.349 e. The van der Waals surface area contributed by atoms with Crippen LogP contribution < -0.4 is 5.32 Å². The predicted molar refractivity (Wildman–Crippen MR) is 95.1 cm³/mol. The third-order valence-corrected chi connectivity index (χ3v) is 4.88. The van der Waals surface area contributed by atoms with Crippen LogP contribution in [0.5, 0.6) is 0 Å². The van der Waals surface area contributed by atoms with Gasteiger partial charge in [-0.2, -0.15) is 5.10 Å². The van der Waals surface area contributed by atoms with Gasteiger partial charge in [-0.25, -0.2) is 13.5 Å². The third-order valence-electron chi connectivity index (χ3n) is 4.88. The van der Waals surface area contributed by atoms with Gasteiger partial charge in [-0.3, -0.25) is 4.79 Å². The molecule has 7 heteroatoms. The molecule has 0 bridgehead atoms. The molecule has 1 amide bonds. The number of nitrogens with zero attached hydrogens (tertiary/aromatic N) is 3. The number of hydrogen-bond acceptors (Lipinski definition) is 3. The summed E-state index contributed by atoms with van der Waals surface area (Å²) in [7, 11) is 0. The summed E-state index contributed by atoms with van der Waals surface area (Å²) in [6.45, 7) is 6.59. The second kappa shape index (κ2) is 7.95. The molecule has 0 spiro atoms. The Kier molecular flexibility index (Phi) is 5.66. The van der Waals surface area contributed by atoms with Gasteiger partial charge in [-0.1, -0.05) is 0 Å². The van der Waals surface area contributed by atoms with Gasteiger partial charge < -0.3 is 10.2 Å². The largest absolute Gasteiger partial charge is 0.349 e. The molecular weight excluding hydrogens is 338 g/mol. The van der Waals surface area contributed by atoms with Crippen molar-refractivity contribution in [3.05, 3.63) is 47.3 Å². The summed E-state index contributed by atoms with van der Waals surface area (Å²) >= 11 is 0. The van der Waals surface area contributed by atoms with Crippen molar-refractivity contribution in [1.29, 1.82) is 0 Å². The van der Waals surface area contributed by atoms with Gasteiger partial charge in [-0.15, -0.1) is 0 Å². The van der Waals surface area contributed by atoms with Gasteiger partial charge in [0.1, 0.15) is 11.5 Å². The van der Waals surface area contributed by atoms with Crippen LogP contribution >= 0.6 is 0 Å². The molecule has 140 valence electrons. The molecular formula is C19H24F2N4O. The maximum atomic E-state index is 14.0. The average Bonchev–Trinajstić information content (AvgIpc) is 3.23. The number of amides is 1. The van der Waals surface area contributed by atoms with E-state index in [0.717, 1.165) is 31.3 Å². The monoisotopic (exact) mass is 362 g/mol. The van der Waals surface area contributed by atoms with Crippen molar-refractivity contribution < 1.29 is 13.6 Å². The van der Waals surface area contributed by atoms with E-state index in [1.165, 1.54) is 29.7 Å². The van der Waals surface area contributed by atoms with Crippen LogP contribution in [0.4, 0.5) is 8.78 Å². The Morgan fingerprint density at radius 1 is 1.31 bits per heavy atom. The molecule has 3 rings (SSSR count). The Bertz CT molecular complexity index is 784. The Labute approximate surface area is 152 Å². The van der Waals surface area contributed by atoms with Crippen LogP contribution in [-0.4, -0.2) is 40.2 Å². The van der Waals surface area contributed by atoms with Crippen molar-refractivity contribution >= 4 is 5.91 Å². The normalized spacial score (nSPS) is 16.0. The molecule has 5 nitrogen and oxygen atoms in total. The first kappa shape index (κ1) is 18.5. The molecule has 2 aromatic rings. The summed E-state index contributed by atoms with van der Waals surface area (Å²) in [6, 6.07) is 3.15. The molecule has 1 fully saturated rings. The summed E-state index contributed by atoms with van der Waals surface area (Å²) in [5, 5.41) is 7.19. The van der Waals surface area contributed by atoms with E-state index < -0.39 is 11.6 Å². The zero-order valence-corrected chi connectivity index (χ0v) is 15.1. The van der Waals surface area contributed by atoms with Gasteiger partial charge >= 0.3 is 0 Å². The van der Waals surface area contributed by atoms with Gasteiger partial charge in [-0.05, 0) is 51.9 Å². The Morgan fingerprint density at radius 3 is 2.73 bits per heavy atom. The first-order valence-corrected chi connectivity index (χ1v) is 8.97. The zero-order valence-electron chi connectivity index (χ0n) is 15.1. The summed E-state index contributed by atoms with van der Waals surface area (Å²) in [5.74, 6) is -1.32. The van der Waals surface area contributed by atoms with Crippen LogP contribution in [-0.2, 0) is 4.79 Å². The molecule has 26 heavy (non-hydrogen) atoms. The average molecular weight is 362 g/mol. The molecule has 1 saturated heterocycles. The third kappa shape index (κ3) is 4.09. The number of benzene rings is 1. The van der Waals surface area contributed by atoms with Crippen LogP contribution in [0.2, 0.25) is 0 Å². The Morgan fingerprint density at radius 2 is 2.04 bits per heavy atom. The number of nitrogens with one attached hydrogen (secondary N) is 1. The van der Waals surface area contributed by atoms with E-state index >= 15 is 0 Å². The minimum atomic E-state index is -0.676. The standard InChI is InChI=1S/C19H24F2N4O/c1-13(23-19(26)7-10-24-8-3-4-9-24)16-12-22-25(14(16)2)18-6-5-15(20)11-17(18)21/h5-6,11-13H,3-4,7-10H2,1-2H3,(H,23,26)/t13-/m0/s1. The summed E-state index contributed by atoms with van der Waals surface area (Å²) in [4.78, 5) is 14.5. The number of carbonyl (C=O) groups excluding carboxylic acids is 1. The second-order valence-corrected chi connectivity index (χ2v) is 6.78. The predicted octanol–water partition coefficient (Wildman–Crippen LogP) is 3.12. The van der Waals surface area contributed by atoms with E-state index in [2.05, 4.69) is 15.3 Å². The Balaban J connectivity index is 1.65. The van der Waals surface area contributed by atoms with Gasteiger partial charge in [0.25, 0.3) is 0 Å². The van der Waals surface area contributed by atoms with E-state index in [1.54, 1.807) is 13.1 Å². The van der Waals surface area contributed by atoms with Crippen LogP contribution in [0.25, 0.3) is 5.69 Å². The van der Waals surface area contributed by atoms with Crippen molar-refractivity contribution in [3.63, 3.8) is 0 Å². The lowest BCUT2D eigenvalue weighted by molar-refractivity contribution is -0.122. The molecule has 1 aromatic heterocycles. The fraction of sp³-hybridized carbons (Fsp3) is 0.474. The fourth-order valence-corrected chi connectivity index (χ4v) is 3.40. The zero-order chi connectivity index (χ0) is 18.7. The maximum absolute atomic E-state index is 14.0. The number of hydrogen-bond donors (Lipinski definition) is 1. The van der Waals surface area contributed by atoms with E-state index in [0.29, 0.717) is 12.1 Å².